The zero-order chi connectivity index (χ0) is 9.26. The van der Waals surface area contributed by atoms with E-state index in [9.17, 15) is 0 Å². The lowest BCUT2D eigenvalue weighted by molar-refractivity contribution is 0.781. The summed E-state index contributed by atoms with van der Waals surface area (Å²) in [5, 5.41) is 0. The Morgan fingerprint density at radius 1 is 1.31 bits per heavy atom. The monoisotopic (exact) mass is 236 g/mol. The van der Waals surface area contributed by atoms with E-state index < -0.39 is 0 Å². The molecule has 0 nitrogen and oxygen atoms in total. The van der Waals surface area contributed by atoms with Crippen LogP contribution in [0.5, 0.6) is 0 Å². The minimum Gasteiger partial charge on any atom is -0.0728 e. The maximum Gasteiger partial charge on any atom is 0.0187 e. The molecule has 1 aliphatic carbocycles. The van der Waals surface area contributed by atoms with Crippen molar-refractivity contribution in [2.45, 2.75) is 25.7 Å². The second-order valence-electron chi connectivity index (χ2n) is 3.47. The summed E-state index contributed by atoms with van der Waals surface area (Å²) in [6.45, 7) is 2.19. The Morgan fingerprint density at radius 3 is 2.38 bits per heavy atom. The van der Waals surface area contributed by atoms with Gasteiger partial charge in [0.15, 0.2) is 0 Å². The van der Waals surface area contributed by atoms with E-state index >= 15 is 0 Å². The Balaban J connectivity index is 2.19. The van der Waals surface area contributed by atoms with Crippen LogP contribution in [0.25, 0.3) is 0 Å². The number of benzene rings is 1. The van der Waals surface area contributed by atoms with Crippen molar-refractivity contribution in [1.29, 1.82) is 0 Å². The Kier molecular flexibility index (Phi) is 2.54. The van der Waals surface area contributed by atoms with E-state index in [1.54, 1.807) is 0 Å². The fourth-order valence-electron chi connectivity index (χ4n) is 1.61. The fourth-order valence-corrected chi connectivity index (χ4v) is 2.24. The molecular formula is C12H13Br. The van der Waals surface area contributed by atoms with Crippen LogP contribution in [0.4, 0.5) is 0 Å². The second kappa shape index (κ2) is 3.67. The Bertz CT molecular complexity index is 321. The second-order valence-corrected chi connectivity index (χ2v) is 4.39. The van der Waals surface area contributed by atoms with Gasteiger partial charge in [0.05, 0.1) is 0 Å². The fraction of sp³-hybridized carbons (Fsp3) is 0.333. The van der Waals surface area contributed by atoms with E-state index in [2.05, 4.69) is 53.2 Å². The molecule has 0 aromatic heterocycles. The van der Waals surface area contributed by atoms with Gasteiger partial charge in [0.1, 0.15) is 0 Å². The molecule has 0 saturated carbocycles. The van der Waals surface area contributed by atoms with E-state index in [0.29, 0.717) is 5.92 Å². The van der Waals surface area contributed by atoms with Gasteiger partial charge in [-0.25, -0.2) is 0 Å². The van der Waals surface area contributed by atoms with Gasteiger partial charge in [-0.3, -0.25) is 0 Å². The third-order valence-electron chi connectivity index (χ3n) is 2.67. The Hall–Kier alpha value is -0.560. The molecule has 0 N–H and O–H groups in total. The van der Waals surface area contributed by atoms with Crippen molar-refractivity contribution in [2.24, 2.45) is 0 Å². The van der Waals surface area contributed by atoms with Crippen LogP contribution in [0, 0.1) is 0 Å². The molecule has 0 radical (unpaired) electrons. The highest BCUT2D eigenvalue weighted by atomic mass is 79.9. The van der Waals surface area contributed by atoms with E-state index in [1.807, 2.05) is 0 Å². The molecule has 1 aromatic carbocycles. The average molecular weight is 237 g/mol. The van der Waals surface area contributed by atoms with Gasteiger partial charge in [-0.1, -0.05) is 53.2 Å². The number of rotatable bonds is 2. The third kappa shape index (κ3) is 1.71. The summed E-state index contributed by atoms with van der Waals surface area (Å²) in [4.78, 5) is 0. The quantitative estimate of drug-likeness (QED) is 0.728. The molecule has 1 unspecified atom stereocenters. The smallest absolute Gasteiger partial charge is 0.0187 e. The molecule has 0 amide bonds. The van der Waals surface area contributed by atoms with Crippen molar-refractivity contribution in [3.63, 3.8) is 0 Å². The van der Waals surface area contributed by atoms with Crippen molar-refractivity contribution in [2.75, 3.05) is 0 Å². The van der Waals surface area contributed by atoms with Gasteiger partial charge in [-0.2, -0.15) is 0 Å². The minimum absolute atomic E-state index is 0.630. The summed E-state index contributed by atoms with van der Waals surface area (Å²) in [5.74, 6) is 0.630. The molecule has 1 atom stereocenters. The van der Waals surface area contributed by atoms with Gasteiger partial charge in [0.25, 0.3) is 0 Å². The van der Waals surface area contributed by atoms with Crippen molar-refractivity contribution in [3.8, 4) is 0 Å². The van der Waals surface area contributed by atoms with Crippen LogP contribution in [-0.4, -0.2) is 0 Å². The molecule has 2 rings (SSSR count). The summed E-state index contributed by atoms with van der Waals surface area (Å²) >= 11 is 3.56. The molecule has 0 spiro atoms. The van der Waals surface area contributed by atoms with E-state index in [1.165, 1.54) is 22.0 Å². The predicted molar refractivity (Wildman–Crippen MR) is 60.2 cm³/mol. The lowest BCUT2D eigenvalue weighted by Gasteiger charge is -2.23. The molecule has 0 saturated heterocycles. The molecule has 68 valence electrons. The summed E-state index contributed by atoms with van der Waals surface area (Å²) in [6.07, 6.45) is 4.55. The van der Waals surface area contributed by atoms with Crippen molar-refractivity contribution < 1.29 is 0 Å². The van der Waals surface area contributed by atoms with Crippen LogP contribution in [0.15, 0.2) is 34.8 Å². The molecule has 0 aliphatic heterocycles. The standard InChI is InChI=1S/C12H13Br/c1-2-9-3-5-10(6-4-9)11-7-8-12(11)13/h3-6,8,11H,2,7H2,1H3. The lowest BCUT2D eigenvalue weighted by Crippen LogP contribution is -2.05. The molecule has 0 bridgehead atoms. The molecule has 13 heavy (non-hydrogen) atoms. The first-order valence-corrected chi connectivity index (χ1v) is 5.55. The van der Waals surface area contributed by atoms with Crippen LogP contribution in [0.3, 0.4) is 0 Å². The SMILES string of the molecule is CCc1ccc(C2CC=C2Br)cc1. The number of aryl methyl sites for hydroxylation is 1. The molecule has 1 aliphatic rings. The lowest BCUT2D eigenvalue weighted by atomic mass is 9.87. The minimum atomic E-state index is 0.630. The van der Waals surface area contributed by atoms with E-state index in [4.69, 9.17) is 0 Å². The van der Waals surface area contributed by atoms with Crippen LogP contribution in [-0.2, 0) is 6.42 Å². The number of hydrogen-bond acceptors (Lipinski definition) is 0. The molecule has 0 fully saturated rings. The maximum absolute atomic E-state index is 3.56. The highest BCUT2D eigenvalue weighted by molar-refractivity contribution is 9.11. The van der Waals surface area contributed by atoms with Gasteiger partial charge in [-0.15, -0.1) is 0 Å². The topological polar surface area (TPSA) is 0 Å². The summed E-state index contributed by atoms with van der Waals surface area (Å²) in [6, 6.07) is 8.96. The average Bonchev–Trinajstić information content (AvgIpc) is 2.17. The van der Waals surface area contributed by atoms with Crippen LogP contribution in [0.2, 0.25) is 0 Å². The first kappa shape index (κ1) is 9.01. The number of hydrogen-bond donors (Lipinski definition) is 0. The zero-order valence-corrected chi connectivity index (χ0v) is 9.34. The van der Waals surface area contributed by atoms with E-state index in [0.717, 1.165) is 6.42 Å². The zero-order valence-electron chi connectivity index (χ0n) is 7.76. The van der Waals surface area contributed by atoms with Gasteiger partial charge in [0, 0.05) is 5.92 Å². The van der Waals surface area contributed by atoms with Crippen molar-refractivity contribution in [3.05, 3.63) is 46.0 Å². The van der Waals surface area contributed by atoms with E-state index in [-0.39, 0.29) is 0 Å². The largest absolute Gasteiger partial charge is 0.0728 e. The first-order valence-electron chi connectivity index (χ1n) is 4.75. The number of allylic oxidation sites excluding steroid dienone is 2. The maximum atomic E-state index is 3.56. The molecular weight excluding hydrogens is 224 g/mol. The van der Waals surface area contributed by atoms with Crippen molar-refractivity contribution >= 4 is 15.9 Å². The highest BCUT2D eigenvalue weighted by Gasteiger charge is 2.20. The van der Waals surface area contributed by atoms with Crippen LogP contribution in [0.1, 0.15) is 30.4 Å². The summed E-state index contributed by atoms with van der Waals surface area (Å²) in [5.41, 5.74) is 2.86. The van der Waals surface area contributed by atoms with Gasteiger partial charge in [-0.05, 0) is 28.5 Å². The normalized spacial score (nSPS) is 20.8. The van der Waals surface area contributed by atoms with Crippen LogP contribution < -0.4 is 0 Å². The van der Waals surface area contributed by atoms with Crippen LogP contribution >= 0.6 is 15.9 Å². The predicted octanol–water partition coefficient (Wildman–Crippen LogP) is 4.02. The highest BCUT2D eigenvalue weighted by Crippen LogP contribution is 2.40. The van der Waals surface area contributed by atoms with Gasteiger partial charge in [0.2, 0.25) is 0 Å². The van der Waals surface area contributed by atoms with Gasteiger partial charge < -0.3 is 0 Å². The molecule has 1 aromatic rings. The first-order chi connectivity index (χ1) is 6.31. The van der Waals surface area contributed by atoms with Gasteiger partial charge >= 0.3 is 0 Å². The Labute approximate surface area is 87.8 Å². The van der Waals surface area contributed by atoms with Crippen molar-refractivity contribution in [1.82, 2.24) is 0 Å². The third-order valence-corrected chi connectivity index (χ3v) is 3.55. The number of halogens is 1. The summed E-state index contributed by atoms with van der Waals surface area (Å²) < 4.78 is 1.34. The molecule has 1 heteroatoms. The Morgan fingerprint density at radius 2 is 2.00 bits per heavy atom. The molecule has 0 heterocycles. The summed E-state index contributed by atoms with van der Waals surface area (Å²) in [7, 11) is 0.